The van der Waals surface area contributed by atoms with Crippen LogP contribution in [0.4, 0.5) is 21.0 Å². The largest absolute Gasteiger partial charge is 0.492 e. The van der Waals surface area contributed by atoms with Crippen LogP contribution in [0.2, 0.25) is 0 Å². The Morgan fingerprint density at radius 2 is 1.76 bits per heavy atom. The molecule has 198 valence electrons. The van der Waals surface area contributed by atoms with Crippen LogP contribution < -0.4 is 20.7 Å². The quantitative estimate of drug-likeness (QED) is 0.299. The molecule has 2 aromatic rings. The van der Waals surface area contributed by atoms with Gasteiger partial charge >= 0.3 is 18.0 Å². The molecule has 10 heteroatoms. The lowest BCUT2D eigenvalue weighted by atomic mass is 9.94. The highest BCUT2D eigenvalue weighted by Crippen LogP contribution is 2.32. The van der Waals surface area contributed by atoms with Crippen molar-refractivity contribution in [1.29, 1.82) is 0 Å². The molecule has 0 bridgehead atoms. The highest BCUT2D eigenvalue weighted by Gasteiger charge is 2.36. The molecule has 4 amide bonds. The molecule has 10 nitrogen and oxygen atoms in total. The molecule has 0 aliphatic carbocycles. The van der Waals surface area contributed by atoms with Crippen molar-refractivity contribution in [2.75, 3.05) is 44.1 Å². The fourth-order valence-corrected chi connectivity index (χ4v) is 3.98. The lowest BCUT2D eigenvalue weighted by molar-refractivity contribution is -0.140. The van der Waals surface area contributed by atoms with Gasteiger partial charge < -0.3 is 30.2 Å². The van der Waals surface area contributed by atoms with Gasteiger partial charge in [0, 0.05) is 25.0 Å². The predicted molar refractivity (Wildman–Crippen MR) is 140 cm³/mol. The molecule has 3 rings (SSSR count). The molecule has 37 heavy (non-hydrogen) atoms. The third-order valence-electron chi connectivity index (χ3n) is 5.72. The summed E-state index contributed by atoms with van der Waals surface area (Å²) in [7, 11) is 1.53. The molecule has 0 radical (unpaired) electrons. The van der Waals surface area contributed by atoms with Gasteiger partial charge in [0.1, 0.15) is 12.4 Å². The molecule has 0 saturated carbocycles. The van der Waals surface area contributed by atoms with Gasteiger partial charge in [-0.05, 0) is 50.1 Å². The summed E-state index contributed by atoms with van der Waals surface area (Å²) in [4.78, 5) is 39.9. The number of urea groups is 2. The van der Waals surface area contributed by atoms with Crippen LogP contribution in [0, 0.1) is 0 Å². The van der Waals surface area contributed by atoms with Gasteiger partial charge in [-0.3, -0.25) is 4.90 Å². The van der Waals surface area contributed by atoms with Crippen LogP contribution in [-0.4, -0.2) is 56.4 Å². The zero-order valence-corrected chi connectivity index (χ0v) is 21.6. The predicted octanol–water partition coefficient (Wildman–Crippen LogP) is 4.67. The van der Waals surface area contributed by atoms with Gasteiger partial charge in [0.05, 0.1) is 30.5 Å². The third kappa shape index (κ3) is 7.01. The summed E-state index contributed by atoms with van der Waals surface area (Å²) in [6.45, 7) is 6.90. The number of methoxy groups -OCH3 is 1. The number of ether oxygens (including phenoxy) is 3. The first-order valence-electron chi connectivity index (χ1n) is 12.2. The number of para-hydroxylation sites is 2. The van der Waals surface area contributed by atoms with Gasteiger partial charge in [-0.2, -0.15) is 0 Å². The normalized spacial score (nSPS) is 15.2. The summed E-state index contributed by atoms with van der Waals surface area (Å²) in [5, 5.41) is 8.47. The minimum absolute atomic E-state index is 0.102. The first-order valence-corrected chi connectivity index (χ1v) is 12.2. The Bertz CT molecular complexity index is 1130. The number of nitrogens with one attached hydrogen (secondary N) is 3. The fraction of sp³-hybridized carbons (Fsp3) is 0.370. The summed E-state index contributed by atoms with van der Waals surface area (Å²) in [6, 6.07) is 12.7. The lowest BCUT2D eigenvalue weighted by Gasteiger charge is -2.35. The third-order valence-corrected chi connectivity index (χ3v) is 5.72. The summed E-state index contributed by atoms with van der Waals surface area (Å²) < 4.78 is 15.9. The summed E-state index contributed by atoms with van der Waals surface area (Å²) >= 11 is 0. The molecule has 1 atom stereocenters. The number of allylic oxidation sites excluding steroid dienone is 1. The van der Waals surface area contributed by atoms with E-state index >= 15 is 0 Å². The van der Waals surface area contributed by atoms with E-state index in [2.05, 4.69) is 16.0 Å². The SMILES string of the molecule is CCCN1C(=O)NC(c2ccc(NC(=O)Nc3ccccc3OCC)cc2)C(C(=O)OCCOC)=C1C. The van der Waals surface area contributed by atoms with Gasteiger partial charge in [0.25, 0.3) is 0 Å². The zero-order valence-electron chi connectivity index (χ0n) is 21.6. The van der Waals surface area contributed by atoms with Gasteiger partial charge in [0.15, 0.2) is 0 Å². The van der Waals surface area contributed by atoms with E-state index in [9.17, 15) is 14.4 Å². The molecular formula is C27H34N4O6. The second kappa shape index (κ2) is 13.3. The van der Waals surface area contributed by atoms with Gasteiger partial charge in [-0.25, -0.2) is 14.4 Å². The molecule has 0 fully saturated rings. The molecule has 2 aromatic carbocycles. The van der Waals surface area contributed by atoms with Crippen molar-refractivity contribution in [2.24, 2.45) is 0 Å². The number of benzene rings is 2. The fourth-order valence-electron chi connectivity index (χ4n) is 3.98. The van der Waals surface area contributed by atoms with Gasteiger partial charge in [-0.1, -0.05) is 31.2 Å². The molecule has 0 aromatic heterocycles. The molecule has 1 heterocycles. The first kappa shape index (κ1) is 27.5. The van der Waals surface area contributed by atoms with Crippen LogP contribution in [0.5, 0.6) is 5.75 Å². The number of esters is 1. The maximum absolute atomic E-state index is 13.0. The highest BCUT2D eigenvalue weighted by molar-refractivity contribution is 6.00. The molecule has 3 N–H and O–H groups in total. The van der Waals surface area contributed by atoms with Crippen LogP contribution in [0.15, 0.2) is 59.8 Å². The molecule has 0 spiro atoms. The smallest absolute Gasteiger partial charge is 0.338 e. The first-order chi connectivity index (χ1) is 17.9. The highest BCUT2D eigenvalue weighted by atomic mass is 16.6. The number of amides is 4. The Morgan fingerprint density at radius 1 is 1.03 bits per heavy atom. The van der Waals surface area contributed by atoms with E-state index in [4.69, 9.17) is 14.2 Å². The summed E-state index contributed by atoms with van der Waals surface area (Å²) in [5.41, 5.74) is 2.67. The zero-order chi connectivity index (χ0) is 26.8. The van der Waals surface area contributed by atoms with E-state index < -0.39 is 18.0 Å². The van der Waals surface area contributed by atoms with Crippen molar-refractivity contribution in [3.63, 3.8) is 0 Å². The maximum atomic E-state index is 13.0. The van der Waals surface area contributed by atoms with Crippen LogP contribution in [-0.2, 0) is 14.3 Å². The van der Waals surface area contributed by atoms with Crippen molar-refractivity contribution >= 4 is 29.4 Å². The van der Waals surface area contributed by atoms with Crippen LogP contribution in [0.25, 0.3) is 0 Å². The monoisotopic (exact) mass is 510 g/mol. The second-order valence-electron chi connectivity index (χ2n) is 8.29. The van der Waals surface area contributed by atoms with Crippen molar-refractivity contribution in [1.82, 2.24) is 10.2 Å². The van der Waals surface area contributed by atoms with E-state index in [-0.39, 0.29) is 19.2 Å². The number of anilines is 2. The Kier molecular flexibility index (Phi) is 9.91. The molecule has 0 saturated heterocycles. The van der Waals surface area contributed by atoms with Gasteiger partial charge in [0.2, 0.25) is 0 Å². The number of hydrogen-bond donors (Lipinski definition) is 3. The number of carbonyl (C=O) groups excluding carboxylic acids is 3. The Hall–Kier alpha value is -4.05. The van der Waals surface area contributed by atoms with Gasteiger partial charge in [-0.15, -0.1) is 0 Å². The summed E-state index contributed by atoms with van der Waals surface area (Å²) in [5.74, 6) is 0.0583. The van der Waals surface area contributed by atoms with Crippen molar-refractivity contribution in [2.45, 2.75) is 33.2 Å². The Labute approximate surface area is 217 Å². The number of nitrogens with zero attached hydrogens (tertiary/aromatic N) is 1. The maximum Gasteiger partial charge on any atom is 0.338 e. The average molecular weight is 511 g/mol. The second-order valence-corrected chi connectivity index (χ2v) is 8.29. The standard InChI is InChI=1S/C27H34N4O6/c1-5-15-31-18(3)23(25(32)37-17-16-35-4)24(30-27(31)34)19-11-13-20(14-12-19)28-26(33)29-21-9-7-8-10-22(21)36-6-2/h7-14,24H,5-6,15-17H2,1-4H3,(H,30,34)(H2,28,29,33). The number of hydrogen-bond acceptors (Lipinski definition) is 6. The molecular weight excluding hydrogens is 476 g/mol. The Balaban J connectivity index is 1.78. The molecule has 1 aliphatic heterocycles. The van der Waals surface area contributed by atoms with Crippen molar-refractivity contribution < 1.29 is 28.6 Å². The van der Waals surface area contributed by atoms with Crippen molar-refractivity contribution in [3.05, 3.63) is 65.4 Å². The van der Waals surface area contributed by atoms with Crippen LogP contribution >= 0.6 is 0 Å². The number of rotatable bonds is 11. The topological polar surface area (TPSA) is 118 Å². The van der Waals surface area contributed by atoms with E-state index in [1.165, 1.54) is 7.11 Å². The molecule has 1 aliphatic rings. The summed E-state index contributed by atoms with van der Waals surface area (Å²) in [6.07, 6.45) is 0.735. The lowest BCUT2D eigenvalue weighted by Crippen LogP contribution is -2.48. The average Bonchev–Trinajstić information content (AvgIpc) is 2.88. The Morgan fingerprint density at radius 3 is 2.43 bits per heavy atom. The minimum atomic E-state index is -0.698. The molecule has 1 unspecified atom stereocenters. The van der Waals surface area contributed by atoms with E-state index in [1.807, 2.05) is 19.9 Å². The van der Waals surface area contributed by atoms with E-state index in [0.717, 1.165) is 6.42 Å². The van der Waals surface area contributed by atoms with E-state index in [0.29, 0.717) is 47.1 Å². The van der Waals surface area contributed by atoms with E-state index in [1.54, 1.807) is 54.3 Å². The van der Waals surface area contributed by atoms with Crippen LogP contribution in [0.1, 0.15) is 38.8 Å². The minimum Gasteiger partial charge on any atom is -0.492 e. The van der Waals surface area contributed by atoms with Crippen molar-refractivity contribution in [3.8, 4) is 5.75 Å². The number of carbonyl (C=O) groups is 3. The van der Waals surface area contributed by atoms with Crippen LogP contribution in [0.3, 0.4) is 0 Å².